The average Bonchev–Trinajstić information content (AvgIpc) is 2.46. The van der Waals surface area contributed by atoms with Crippen LogP contribution in [0.2, 0.25) is 0 Å². The molecule has 104 valence electrons. The Morgan fingerprint density at radius 1 is 1.22 bits per heavy atom. The minimum Gasteiger partial charge on any atom is -0.378 e. The number of nitrogens with zero attached hydrogens (tertiary/aromatic N) is 1. The molecule has 1 amide bonds. The largest absolute Gasteiger partial charge is 0.378 e. The summed E-state index contributed by atoms with van der Waals surface area (Å²) in [5.74, 6) is 0.926. The van der Waals surface area contributed by atoms with Crippen molar-refractivity contribution in [2.75, 3.05) is 26.2 Å². The second kappa shape index (κ2) is 7.10. The molecule has 0 aromatic carbocycles. The number of hydrogen-bond donors (Lipinski definition) is 1. The molecule has 0 aliphatic carbocycles. The quantitative estimate of drug-likeness (QED) is 0.828. The zero-order valence-electron chi connectivity index (χ0n) is 11.3. The van der Waals surface area contributed by atoms with Gasteiger partial charge in [-0.2, -0.15) is 0 Å². The fraction of sp³-hybridized carbons (Fsp3) is 0.929. The maximum absolute atomic E-state index is 12.1. The number of likely N-dealkylation sites (tertiary alicyclic amines) is 1. The maximum Gasteiger partial charge on any atom is 0.222 e. The van der Waals surface area contributed by atoms with E-state index in [4.69, 9.17) is 10.5 Å². The summed E-state index contributed by atoms with van der Waals surface area (Å²) in [5.41, 5.74) is 5.66. The van der Waals surface area contributed by atoms with Gasteiger partial charge in [-0.3, -0.25) is 4.79 Å². The number of amides is 1. The number of carbonyl (C=O) groups is 1. The van der Waals surface area contributed by atoms with Crippen molar-refractivity contribution in [3.63, 3.8) is 0 Å². The number of carbonyl (C=O) groups excluding carboxylic acids is 1. The van der Waals surface area contributed by atoms with E-state index in [-0.39, 0.29) is 0 Å². The van der Waals surface area contributed by atoms with Gasteiger partial charge in [0.05, 0.1) is 6.10 Å². The molecule has 18 heavy (non-hydrogen) atoms. The molecule has 0 spiro atoms. The highest BCUT2D eigenvalue weighted by Gasteiger charge is 2.23. The van der Waals surface area contributed by atoms with Gasteiger partial charge in [0.1, 0.15) is 0 Å². The van der Waals surface area contributed by atoms with Crippen LogP contribution in [0.1, 0.15) is 44.9 Å². The summed E-state index contributed by atoms with van der Waals surface area (Å²) in [5, 5.41) is 0. The molecule has 4 nitrogen and oxygen atoms in total. The fourth-order valence-corrected chi connectivity index (χ4v) is 2.90. The predicted molar refractivity (Wildman–Crippen MR) is 71.2 cm³/mol. The average molecular weight is 254 g/mol. The molecular formula is C14H26N2O2. The molecule has 2 rings (SSSR count). The Balaban J connectivity index is 1.65. The second-order valence-electron chi connectivity index (χ2n) is 5.59. The van der Waals surface area contributed by atoms with Gasteiger partial charge in [-0.1, -0.05) is 0 Å². The Hall–Kier alpha value is -0.610. The molecule has 2 saturated heterocycles. The SMILES string of the molecule is NCC1CCN(C(=O)CCC2CCCCO2)CC1. The lowest BCUT2D eigenvalue weighted by Gasteiger charge is -2.32. The van der Waals surface area contributed by atoms with E-state index in [2.05, 4.69) is 0 Å². The monoisotopic (exact) mass is 254 g/mol. The van der Waals surface area contributed by atoms with Crippen LogP contribution < -0.4 is 5.73 Å². The Kier molecular flexibility index (Phi) is 5.45. The summed E-state index contributed by atoms with van der Waals surface area (Å²) in [6.07, 6.45) is 7.57. The first kappa shape index (κ1) is 13.8. The first-order valence-corrected chi connectivity index (χ1v) is 7.39. The highest BCUT2D eigenvalue weighted by molar-refractivity contribution is 5.76. The number of ether oxygens (including phenoxy) is 1. The van der Waals surface area contributed by atoms with Crippen LogP contribution in [0.15, 0.2) is 0 Å². The van der Waals surface area contributed by atoms with E-state index >= 15 is 0 Å². The van der Waals surface area contributed by atoms with Crippen LogP contribution in [-0.2, 0) is 9.53 Å². The third-order valence-corrected chi connectivity index (χ3v) is 4.25. The molecule has 2 aliphatic heterocycles. The van der Waals surface area contributed by atoms with Gasteiger partial charge in [-0.15, -0.1) is 0 Å². The van der Waals surface area contributed by atoms with E-state index in [0.29, 0.717) is 24.3 Å². The molecule has 2 fully saturated rings. The van der Waals surface area contributed by atoms with Crippen LogP contribution in [-0.4, -0.2) is 43.2 Å². The van der Waals surface area contributed by atoms with E-state index < -0.39 is 0 Å². The summed E-state index contributed by atoms with van der Waals surface area (Å²) in [4.78, 5) is 14.1. The van der Waals surface area contributed by atoms with E-state index in [1.807, 2.05) is 4.90 Å². The minimum atomic E-state index is 0.305. The standard InChI is InChI=1S/C14H26N2O2/c15-11-12-6-8-16(9-7-12)14(17)5-4-13-3-1-2-10-18-13/h12-13H,1-11,15H2. The third-order valence-electron chi connectivity index (χ3n) is 4.25. The van der Waals surface area contributed by atoms with E-state index in [0.717, 1.165) is 51.9 Å². The highest BCUT2D eigenvalue weighted by Crippen LogP contribution is 2.20. The number of rotatable bonds is 4. The fourth-order valence-electron chi connectivity index (χ4n) is 2.90. The third kappa shape index (κ3) is 3.95. The van der Waals surface area contributed by atoms with Gasteiger partial charge in [0.25, 0.3) is 0 Å². The molecule has 2 aliphatic rings. The maximum atomic E-state index is 12.1. The minimum absolute atomic E-state index is 0.305. The van der Waals surface area contributed by atoms with E-state index in [1.165, 1.54) is 12.8 Å². The van der Waals surface area contributed by atoms with E-state index in [1.54, 1.807) is 0 Å². The van der Waals surface area contributed by atoms with Gasteiger partial charge < -0.3 is 15.4 Å². The number of piperidine rings is 1. The van der Waals surface area contributed by atoms with Crippen molar-refractivity contribution in [2.45, 2.75) is 51.0 Å². The van der Waals surface area contributed by atoms with Gasteiger partial charge in [-0.05, 0) is 51.0 Å². The van der Waals surface area contributed by atoms with Crippen molar-refractivity contribution in [1.29, 1.82) is 0 Å². The molecule has 0 radical (unpaired) electrons. The lowest BCUT2D eigenvalue weighted by Crippen LogP contribution is -2.40. The van der Waals surface area contributed by atoms with Crippen molar-refractivity contribution in [3.8, 4) is 0 Å². The molecule has 1 atom stereocenters. The summed E-state index contributed by atoms with van der Waals surface area (Å²) in [7, 11) is 0. The Bertz CT molecular complexity index is 257. The van der Waals surface area contributed by atoms with Crippen molar-refractivity contribution in [2.24, 2.45) is 11.7 Å². The molecular weight excluding hydrogens is 228 g/mol. The second-order valence-corrected chi connectivity index (χ2v) is 5.59. The lowest BCUT2D eigenvalue weighted by molar-refractivity contribution is -0.133. The lowest BCUT2D eigenvalue weighted by atomic mass is 9.96. The summed E-state index contributed by atoms with van der Waals surface area (Å²) in [6, 6.07) is 0. The van der Waals surface area contributed by atoms with Gasteiger partial charge in [-0.25, -0.2) is 0 Å². The van der Waals surface area contributed by atoms with Crippen molar-refractivity contribution >= 4 is 5.91 Å². The van der Waals surface area contributed by atoms with Gasteiger partial charge in [0.2, 0.25) is 5.91 Å². The number of hydrogen-bond acceptors (Lipinski definition) is 3. The van der Waals surface area contributed by atoms with Gasteiger partial charge in [0.15, 0.2) is 0 Å². The predicted octanol–water partition coefficient (Wildman–Crippen LogP) is 1.53. The topological polar surface area (TPSA) is 55.6 Å². The van der Waals surface area contributed by atoms with Crippen molar-refractivity contribution in [1.82, 2.24) is 4.90 Å². The summed E-state index contributed by atoms with van der Waals surface area (Å²) in [6.45, 7) is 3.43. The highest BCUT2D eigenvalue weighted by atomic mass is 16.5. The molecule has 2 heterocycles. The molecule has 2 N–H and O–H groups in total. The molecule has 0 aromatic rings. The van der Waals surface area contributed by atoms with Crippen molar-refractivity contribution < 1.29 is 9.53 Å². The summed E-state index contributed by atoms with van der Waals surface area (Å²) < 4.78 is 5.66. The normalized spacial score (nSPS) is 26.3. The molecule has 0 bridgehead atoms. The molecule has 4 heteroatoms. The summed E-state index contributed by atoms with van der Waals surface area (Å²) >= 11 is 0. The van der Waals surface area contributed by atoms with Crippen molar-refractivity contribution in [3.05, 3.63) is 0 Å². The van der Waals surface area contributed by atoms with Crippen LogP contribution in [0.5, 0.6) is 0 Å². The molecule has 0 aromatic heterocycles. The van der Waals surface area contributed by atoms with Crippen LogP contribution in [0.4, 0.5) is 0 Å². The first-order chi connectivity index (χ1) is 8.79. The van der Waals surface area contributed by atoms with Crippen LogP contribution >= 0.6 is 0 Å². The zero-order valence-corrected chi connectivity index (χ0v) is 11.3. The Morgan fingerprint density at radius 2 is 2.00 bits per heavy atom. The first-order valence-electron chi connectivity index (χ1n) is 7.39. The van der Waals surface area contributed by atoms with Crippen LogP contribution in [0.3, 0.4) is 0 Å². The smallest absolute Gasteiger partial charge is 0.222 e. The Morgan fingerprint density at radius 3 is 2.61 bits per heavy atom. The van der Waals surface area contributed by atoms with Crippen LogP contribution in [0.25, 0.3) is 0 Å². The Labute approximate surface area is 110 Å². The zero-order chi connectivity index (χ0) is 12.8. The van der Waals surface area contributed by atoms with E-state index in [9.17, 15) is 4.79 Å². The van der Waals surface area contributed by atoms with Gasteiger partial charge in [0, 0.05) is 26.1 Å². The number of nitrogens with two attached hydrogens (primary N) is 1. The molecule has 1 unspecified atom stereocenters. The molecule has 0 saturated carbocycles. The van der Waals surface area contributed by atoms with Crippen LogP contribution in [0, 0.1) is 5.92 Å². The van der Waals surface area contributed by atoms with Gasteiger partial charge >= 0.3 is 0 Å².